The maximum atomic E-state index is 13.3. The Balaban J connectivity index is 1.82. The maximum absolute atomic E-state index is 13.3. The topological polar surface area (TPSA) is 89.9 Å². The van der Waals surface area contributed by atoms with Gasteiger partial charge in [-0.3, -0.25) is 14.4 Å². The van der Waals surface area contributed by atoms with Crippen LogP contribution in [0.4, 0.5) is 0 Å². The number of hydrogen-bond acceptors (Lipinski definition) is 6. The van der Waals surface area contributed by atoms with Crippen molar-refractivity contribution >= 4 is 17.7 Å². The molecule has 1 saturated heterocycles. The zero-order valence-electron chi connectivity index (χ0n) is 20.5. The number of carbonyl (C=O) groups excluding carboxylic acids is 3. The third-order valence-corrected chi connectivity index (χ3v) is 10.2. The Morgan fingerprint density at radius 2 is 1.69 bits per heavy atom. The van der Waals surface area contributed by atoms with Gasteiger partial charge in [0.1, 0.15) is 6.10 Å². The normalized spacial score (nSPS) is 49.9. The molecule has 1 heterocycles. The molecule has 0 radical (unpaired) electrons. The van der Waals surface area contributed by atoms with Crippen LogP contribution < -0.4 is 0 Å². The van der Waals surface area contributed by atoms with Gasteiger partial charge in [-0.15, -0.1) is 0 Å². The Bertz CT molecular complexity index is 891. The minimum absolute atomic E-state index is 0.169. The van der Waals surface area contributed by atoms with Crippen molar-refractivity contribution in [2.75, 3.05) is 0 Å². The van der Waals surface area contributed by atoms with Gasteiger partial charge in [0, 0.05) is 18.3 Å². The number of rotatable bonds is 1. The average molecular weight is 447 g/mol. The van der Waals surface area contributed by atoms with Gasteiger partial charge < -0.3 is 14.6 Å². The molecule has 0 spiro atoms. The molecule has 6 heteroatoms. The van der Waals surface area contributed by atoms with E-state index in [1.54, 1.807) is 13.8 Å². The maximum Gasteiger partial charge on any atom is 0.311 e. The number of ketones is 1. The zero-order chi connectivity index (χ0) is 24.0. The highest BCUT2D eigenvalue weighted by atomic mass is 16.6. The summed E-state index contributed by atoms with van der Waals surface area (Å²) >= 11 is 0. The molecule has 0 aromatic heterocycles. The first-order valence-corrected chi connectivity index (χ1v) is 11.9. The van der Waals surface area contributed by atoms with Gasteiger partial charge in [0.15, 0.2) is 11.9 Å². The summed E-state index contributed by atoms with van der Waals surface area (Å²) in [7, 11) is 0. The second-order valence-corrected chi connectivity index (χ2v) is 12.1. The summed E-state index contributed by atoms with van der Waals surface area (Å²) in [5.74, 6) is -1.51. The lowest BCUT2D eigenvalue weighted by atomic mass is 9.35. The highest BCUT2D eigenvalue weighted by Gasteiger charge is 2.73. The molecule has 1 N–H and O–H groups in total. The Hall–Kier alpha value is -1.69. The van der Waals surface area contributed by atoms with E-state index in [-0.39, 0.29) is 46.5 Å². The van der Waals surface area contributed by atoms with E-state index in [1.165, 1.54) is 6.92 Å². The SMILES string of the molecule is C=C1[C@@H](O)[C@H]2[C@]3(C)CC[C@H](OC(C)=O)C(C)(C)[C@H]3CC[C@]2(C)[C@H]2C(=O)O[C@@H](C)C(=O)[C@]12C. The van der Waals surface area contributed by atoms with Crippen molar-refractivity contribution in [1.82, 2.24) is 0 Å². The summed E-state index contributed by atoms with van der Waals surface area (Å²) in [5.41, 5.74) is -1.87. The summed E-state index contributed by atoms with van der Waals surface area (Å²) in [5, 5.41) is 11.7. The van der Waals surface area contributed by atoms with E-state index in [0.717, 1.165) is 12.8 Å². The smallest absolute Gasteiger partial charge is 0.311 e. The van der Waals surface area contributed by atoms with Crippen LogP contribution in [0.5, 0.6) is 0 Å². The Morgan fingerprint density at radius 3 is 2.28 bits per heavy atom. The molecule has 4 fully saturated rings. The van der Waals surface area contributed by atoms with Crippen LogP contribution in [0.25, 0.3) is 0 Å². The highest BCUT2D eigenvalue weighted by Crippen LogP contribution is 2.72. The summed E-state index contributed by atoms with van der Waals surface area (Å²) in [6, 6.07) is 0. The van der Waals surface area contributed by atoms with Crippen molar-refractivity contribution in [3.63, 3.8) is 0 Å². The molecule has 0 unspecified atom stereocenters. The lowest BCUT2D eigenvalue weighted by Crippen LogP contribution is -2.71. The third-order valence-electron chi connectivity index (χ3n) is 10.2. The molecule has 4 rings (SSSR count). The third kappa shape index (κ3) is 2.71. The molecule has 3 aliphatic carbocycles. The fourth-order valence-electron chi connectivity index (χ4n) is 8.83. The Kier molecular flexibility index (Phi) is 5.07. The van der Waals surface area contributed by atoms with Crippen LogP contribution in [0.1, 0.15) is 74.1 Å². The zero-order valence-corrected chi connectivity index (χ0v) is 20.5. The van der Waals surface area contributed by atoms with Gasteiger partial charge in [-0.1, -0.05) is 34.3 Å². The molecule has 9 atom stereocenters. The first-order chi connectivity index (χ1) is 14.6. The van der Waals surface area contributed by atoms with Gasteiger partial charge in [0.05, 0.1) is 17.4 Å². The van der Waals surface area contributed by atoms with E-state index in [0.29, 0.717) is 18.4 Å². The number of aliphatic hydroxyl groups is 1. The lowest BCUT2D eigenvalue weighted by Gasteiger charge is -2.69. The van der Waals surface area contributed by atoms with E-state index in [1.807, 2.05) is 0 Å². The van der Waals surface area contributed by atoms with Crippen molar-refractivity contribution in [2.45, 2.75) is 92.5 Å². The monoisotopic (exact) mass is 446 g/mol. The fraction of sp³-hybridized carbons (Fsp3) is 0.808. The van der Waals surface area contributed by atoms with Crippen LogP contribution in [-0.4, -0.2) is 41.1 Å². The minimum atomic E-state index is -1.13. The number of esters is 2. The number of fused-ring (bicyclic) bond motifs is 5. The summed E-state index contributed by atoms with van der Waals surface area (Å²) < 4.78 is 11.2. The Labute approximate surface area is 191 Å². The number of ether oxygens (including phenoxy) is 2. The van der Waals surface area contributed by atoms with Crippen LogP contribution in [0, 0.1) is 39.4 Å². The number of carbonyl (C=O) groups is 3. The van der Waals surface area contributed by atoms with Crippen molar-refractivity contribution in [2.24, 2.45) is 39.4 Å². The molecule has 178 valence electrons. The van der Waals surface area contributed by atoms with Crippen LogP contribution in [0.3, 0.4) is 0 Å². The number of Topliss-reactive ketones (excluding diaryl/α,β-unsaturated/α-hetero) is 1. The van der Waals surface area contributed by atoms with Crippen molar-refractivity contribution < 1.29 is 29.0 Å². The quantitative estimate of drug-likeness (QED) is 0.486. The molecule has 32 heavy (non-hydrogen) atoms. The van der Waals surface area contributed by atoms with Crippen LogP contribution in [0.15, 0.2) is 12.2 Å². The van der Waals surface area contributed by atoms with Gasteiger partial charge in [-0.05, 0) is 61.9 Å². The molecule has 0 amide bonds. The van der Waals surface area contributed by atoms with E-state index in [2.05, 4.69) is 34.3 Å². The first-order valence-electron chi connectivity index (χ1n) is 11.9. The first kappa shape index (κ1) is 23.5. The predicted octanol–water partition coefficient (Wildman–Crippen LogP) is 3.84. The number of aliphatic hydroxyl groups excluding tert-OH is 1. The van der Waals surface area contributed by atoms with E-state index < -0.39 is 29.0 Å². The van der Waals surface area contributed by atoms with Gasteiger partial charge in [0.2, 0.25) is 0 Å². The number of hydrogen-bond donors (Lipinski definition) is 1. The molecular formula is C26H38O6. The molecule has 4 aliphatic rings. The molecule has 6 nitrogen and oxygen atoms in total. The lowest BCUT2D eigenvalue weighted by molar-refractivity contribution is -0.241. The molecule has 1 aliphatic heterocycles. The fourth-order valence-corrected chi connectivity index (χ4v) is 8.83. The van der Waals surface area contributed by atoms with Crippen LogP contribution in [-0.2, 0) is 23.9 Å². The standard InChI is InChI=1S/C26H38O6/c1-13-18(28)19-24(6)12-10-17(32-15(3)27)23(4,5)16(24)9-11-25(19,7)20-22(30)31-14(2)21(29)26(13,20)8/h14,16-20,28H,1,9-12H2,2-8H3/t14-,16+,17-,18+,19-,20+,24+,25-,26+/m0/s1. The molecule has 3 saturated carbocycles. The van der Waals surface area contributed by atoms with Gasteiger partial charge in [0.25, 0.3) is 0 Å². The van der Waals surface area contributed by atoms with Gasteiger partial charge in [-0.25, -0.2) is 0 Å². The van der Waals surface area contributed by atoms with E-state index in [4.69, 9.17) is 9.47 Å². The van der Waals surface area contributed by atoms with Crippen molar-refractivity contribution in [3.05, 3.63) is 12.2 Å². The van der Waals surface area contributed by atoms with Crippen molar-refractivity contribution in [1.29, 1.82) is 0 Å². The largest absolute Gasteiger partial charge is 0.462 e. The van der Waals surface area contributed by atoms with E-state index in [9.17, 15) is 19.5 Å². The van der Waals surface area contributed by atoms with Gasteiger partial charge in [-0.2, -0.15) is 0 Å². The Morgan fingerprint density at radius 1 is 1.09 bits per heavy atom. The molecule has 0 bridgehead atoms. The second kappa shape index (κ2) is 6.91. The minimum Gasteiger partial charge on any atom is -0.462 e. The average Bonchev–Trinajstić information content (AvgIpc) is 2.66. The predicted molar refractivity (Wildman–Crippen MR) is 118 cm³/mol. The molecular weight excluding hydrogens is 408 g/mol. The highest BCUT2D eigenvalue weighted by molar-refractivity contribution is 6.00. The summed E-state index contributed by atoms with van der Waals surface area (Å²) in [6.07, 6.45) is 1.08. The molecule has 0 aromatic rings. The molecule has 0 aromatic carbocycles. The summed E-state index contributed by atoms with van der Waals surface area (Å²) in [4.78, 5) is 38.4. The van der Waals surface area contributed by atoms with Crippen LogP contribution >= 0.6 is 0 Å². The second-order valence-electron chi connectivity index (χ2n) is 12.1. The van der Waals surface area contributed by atoms with Crippen LogP contribution in [0.2, 0.25) is 0 Å². The van der Waals surface area contributed by atoms with Gasteiger partial charge >= 0.3 is 11.9 Å². The van der Waals surface area contributed by atoms with Crippen molar-refractivity contribution in [3.8, 4) is 0 Å². The van der Waals surface area contributed by atoms with E-state index >= 15 is 0 Å². The summed E-state index contributed by atoms with van der Waals surface area (Å²) in [6.45, 7) is 17.6. The number of cyclic esters (lactones) is 1.